The third-order valence-electron chi connectivity index (χ3n) is 3.36. The Morgan fingerprint density at radius 2 is 1.83 bits per heavy atom. The first-order valence-corrected chi connectivity index (χ1v) is 7.96. The molecule has 2 aromatic rings. The van der Waals surface area contributed by atoms with Crippen LogP contribution in [0.4, 0.5) is 5.69 Å². The van der Waals surface area contributed by atoms with Gasteiger partial charge in [0.2, 0.25) is 0 Å². The highest BCUT2D eigenvalue weighted by Gasteiger charge is 2.20. The summed E-state index contributed by atoms with van der Waals surface area (Å²) in [6.45, 7) is 3.08. The van der Waals surface area contributed by atoms with Crippen LogP contribution in [-0.4, -0.2) is 28.3 Å². The highest BCUT2D eigenvalue weighted by molar-refractivity contribution is 6.46. The molecule has 0 atom stereocenters. The molecule has 0 aliphatic carbocycles. The van der Waals surface area contributed by atoms with E-state index in [-0.39, 0.29) is 20.6 Å². The van der Waals surface area contributed by atoms with Crippen LogP contribution < -0.4 is 5.32 Å². The van der Waals surface area contributed by atoms with E-state index in [0.717, 1.165) is 5.69 Å². The fourth-order valence-electron chi connectivity index (χ4n) is 2.05. The Labute approximate surface area is 153 Å². The van der Waals surface area contributed by atoms with E-state index in [4.69, 9.17) is 39.5 Å². The van der Waals surface area contributed by atoms with E-state index in [1.807, 2.05) is 6.92 Å². The average molecular weight is 391 g/mol. The molecule has 0 aliphatic rings. The van der Waals surface area contributed by atoms with Crippen LogP contribution in [0.1, 0.15) is 21.7 Å². The van der Waals surface area contributed by atoms with Gasteiger partial charge in [-0.15, -0.1) is 0 Å². The number of halogens is 3. The van der Waals surface area contributed by atoms with Crippen LogP contribution in [0.5, 0.6) is 0 Å². The van der Waals surface area contributed by atoms with Gasteiger partial charge in [0.25, 0.3) is 5.91 Å². The molecule has 24 heavy (non-hydrogen) atoms. The van der Waals surface area contributed by atoms with Gasteiger partial charge >= 0.3 is 5.97 Å². The van der Waals surface area contributed by atoms with Crippen molar-refractivity contribution in [2.24, 2.45) is 7.05 Å². The minimum atomic E-state index is -0.831. The molecule has 0 radical (unpaired) electrons. The first kappa shape index (κ1) is 18.6. The smallest absolute Gasteiger partial charge is 0.341 e. The Hall–Kier alpha value is -1.76. The number of ether oxygens (including phenoxy) is 1. The Balaban J connectivity index is 2.04. The number of amides is 1. The summed E-state index contributed by atoms with van der Waals surface area (Å²) in [6.07, 6.45) is 0. The molecule has 1 N–H and O–H groups in total. The minimum absolute atomic E-state index is 0.0199. The lowest BCUT2D eigenvalue weighted by Crippen LogP contribution is -2.22. The summed E-state index contributed by atoms with van der Waals surface area (Å²) in [5.41, 5.74) is 1.95. The van der Waals surface area contributed by atoms with Gasteiger partial charge in [0.15, 0.2) is 6.61 Å². The van der Waals surface area contributed by atoms with Crippen molar-refractivity contribution >= 4 is 52.4 Å². The predicted octanol–water partition coefficient (Wildman–Crippen LogP) is 3.79. The SMILES string of the molecule is Cc1nn(C)c(C)c1NC(=O)COC(=O)c1c(Cl)ccc(Cl)c1Cl. The predicted molar refractivity (Wildman–Crippen MR) is 93.1 cm³/mol. The number of carbonyl (C=O) groups excluding carboxylic acids is 2. The zero-order chi connectivity index (χ0) is 18.0. The van der Waals surface area contributed by atoms with Crippen LogP contribution >= 0.6 is 34.8 Å². The lowest BCUT2D eigenvalue weighted by atomic mass is 10.2. The highest BCUT2D eigenvalue weighted by Crippen LogP contribution is 2.31. The molecule has 1 aromatic heterocycles. The molecule has 128 valence electrons. The second-order valence-electron chi connectivity index (χ2n) is 5.01. The van der Waals surface area contributed by atoms with Crippen molar-refractivity contribution in [2.75, 3.05) is 11.9 Å². The van der Waals surface area contributed by atoms with Crippen molar-refractivity contribution in [1.82, 2.24) is 9.78 Å². The molecule has 0 saturated carbocycles. The summed E-state index contributed by atoms with van der Waals surface area (Å²) in [4.78, 5) is 24.1. The second-order valence-corrected chi connectivity index (χ2v) is 6.20. The molecule has 0 fully saturated rings. The monoisotopic (exact) mass is 389 g/mol. The molecule has 0 aliphatic heterocycles. The normalized spacial score (nSPS) is 10.6. The number of nitrogens with one attached hydrogen (secondary N) is 1. The Bertz CT molecular complexity index is 818. The number of anilines is 1. The second kappa shape index (κ2) is 7.42. The van der Waals surface area contributed by atoms with Crippen molar-refractivity contribution in [3.05, 3.63) is 44.2 Å². The lowest BCUT2D eigenvalue weighted by molar-refractivity contribution is -0.119. The van der Waals surface area contributed by atoms with E-state index in [0.29, 0.717) is 11.4 Å². The molecule has 6 nitrogen and oxygen atoms in total. The molecular weight excluding hydrogens is 377 g/mol. The molecule has 0 unspecified atom stereocenters. The van der Waals surface area contributed by atoms with Crippen LogP contribution in [-0.2, 0) is 16.6 Å². The van der Waals surface area contributed by atoms with Gasteiger partial charge in [-0.25, -0.2) is 4.79 Å². The maximum atomic E-state index is 12.1. The third-order valence-corrected chi connectivity index (χ3v) is 4.48. The van der Waals surface area contributed by atoms with E-state index in [1.165, 1.54) is 12.1 Å². The van der Waals surface area contributed by atoms with Gasteiger partial charge < -0.3 is 10.1 Å². The van der Waals surface area contributed by atoms with Crippen molar-refractivity contribution in [1.29, 1.82) is 0 Å². The largest absolute Gasteiger partial charge is 0.452 e. The minimum Gasteiger partial charge on any atom is -0.452 e. The number of nitrogens with zero attached hydrogens (tertiary/aromatic N) is 2. The van der Waals surface area contributed by atoms with E-state index >= 15 is 0 Å². The summed E-state index contributed by atoms with van der Waals surface area (Å²) in [5, 5.41) is 7.08. The van der Waals surface area contributed by atoms with Crippen LogP contribution in [0.25, 0.3) is 0 Å². The highest BCUT2D eigenvalue weighted by atomic mass is 35.5. The Kier molecular flexibility index (Phi) is 5.74. The van der Waals surface area contributed by atoms with E-state index in [9.17, 15) is 9.59 Å². The van der Waals surface area contributed by atoms with Crippen LogP contribution in [0.3, 0.4) is 0 Å². The molecule has 1 aromatic carbocycles. The topological polar surface area (TPSA) is 73.2 Å². The maximum absolute atomic E-state index is 12.1. The number of hydrogen-bond acceptors (Lipinski definition) is 4. The zero-order valence-corrected chi connectivity index (χ0v) is 15.4. The number of aromatic nitrogens is 2. The van der Waals surface area contributed by atoms with Crippen molar-refractivity contribution in [3.63, 3.8) is 0 Å². The Morgan fingerprint density at radius 1 is 1.21 bits per heavy atom. The van der Waals surface area contributed by atoms with Crippen LogP contribution in [0, 0.1) is 13.8 Å². The van der Waals surface area contributed by atoms with Gasteiger partial charge in [0.05, 0.1) is 37.7 Å². The Morgan fingerprint density at radius 3 is 2.42 bits per heavy atom. The van der Waals surface area contributed by atoms with Gasteiger partial charge in [-0.1, -0.05) is 34.8 Å². The summed E-state index contributed by atoms with van der Waals surface area (Å²) >= 11 is 17.7. The first-order valence-electron chi connectivity index (χ1n) is 6.83. The molecule has 2 rings (SSSR count). The molecular formula is C15H14Cl3N3O3. The van der Waals surface area contributed by atoms with Crippen molar-refractivity contribution < 1.29 is 14.3 Å². The third kappa shape index (κ3) is 3.83. The molecule has 0 saturated heterocycles. The van der Waals surface area contributed by atoms with Gasteiger partial charge in [-0.05, 0) is 26.0 Å². The summed E-state index contributed by atoms with van der Waals surface area (Å²) in [7, 11) is 1.77. The molecule has 9 heteroatoms. The van der Waals surface area contributed by atoms with Crippen molar-refractivity contribution in [2.45, 2.75) is 13.8 Å². The summed E-state index contributed by atoms with van der Waals surface area (Å²) in [6, 6.07) is 2.89. The molecule has 1 heterocycles. The fourth-order valence-corrected chi connectivity index (χ4v) is 2.73. The number of carbonyl (C=O) groups is 2. The molecule has 1 amide bonds. The molecule has 0 bridgehead atoms. The standard InChI is InChI=1S/C15H14Cl3N3O3/c1-7-14(8(2)21(3)20-7)19-11(22)6-24-15(23)12-9(16)4-5-10(17)13(12)18/h4-5H,6H2,1-3H3,(H,19,22). The van der Waals surface area contributed by atoms with Crippen LogP contribution in [0.2, 0.25) is 15.1 Å². The summed E-state index contributed by atoms with van der Waals surface area (Å²) in [5.74, 6) is -1.33. The number of hydrogen-bond donors (Lipinski definition) is 1. The van der Waals surface area contributed by atoms with Gasteiger partial charge in [0.1, 0.15) is 0 Å². The van der Waals surface area contributed by atoms with Gasteiger partial charge in [-0.3, -0.25) is 9.48 Å². The summed E-state index contributed by atoms with van der Waals surface area (Å²) < 4.78 is 6.60. The van der Waals surface area contributed by atoms with Crippen LogP contribution in [0.15, 0.2) is 12.1 Å². The van der Waals surface area contributed by atoms with Gasteiger partial charge in [0, 0.05) is 7.05 Å². The van der Waals surface area contributed by atoms with E-state index in [2.05, 4.69) is 10.4 Å². The maximum Gasteiger partial charge on any atom is 0.341 e. The first-order chi connectivity index (χ1) is 11.2. The number of esters is 1. The van der Waals surface area contributed by atoms with Crippen molar-refractivity contribution in [3.8, 4) is 0 Å². The quantitative estimate of drug-likeness (QED) is 0.637. The zero-order valence-electron chi connectivity index (χ0n) is 13.1. The van der Waals surface area contributed by atoms with Gasteiger partial charge in [-0.2, -0.15) is 5.10 Å². The fraction of sp³-hybridized carbons (Fsp3) is 0.267. The lowest BCUT2D eigenvalue weighted by Gasteiger charge is -2.09. The number of benzene rings is 1. The number of rotatable bonds is 4. The van der Waals surface area contributed by atoms with E-state index < -0.39 is 18.5 Å². The average Bonchev–Trinajstić information content (AvgIpc) is 2.76. The van der Waals surface area contributed by atoms with E-state index in [1.54, 1.807) is 18.7 Å². The number of aryl methyl sites for hydroxylation is 2. The molecule has 0 spiro atoms.